The van der Waals surface area contributed by atoms with Crippen LogP contribution in [0.25, 0.3) is 10.9 Å². The third-order valence-corrected chi connectivity index (χ3v) is 3.98. The molecule has 3 rings (SSSR count). The Morgan fingerprint density at radius 3 is 3.00 bits per heavy atom. The minimum Gasteiger partial charge on any atom is -0.369 e. The zero-order valence-electron chi connectivity index (χ0n) is 11.4. The van der Waals surface area contributed by atoms with Crippen molar-refractivity contribution < 1.29 is 0 Å². The van der Waals surface area contributed by atoms with Gasteiger partial charge < -0.3 is 10.6 Å². The molecule has 3 heteroatoms. The van der Waals surface area contributed by atoms with Crippen LogP contribution in [0.5, 0.6) is 0 Å². The van der Waals surface area contributed by atoms with Crippen molar-refractivity contribution in [3.63, 3.8) is 0 Å². The molecule has 1 atom stereocenters. The normalized spacial score (nSPS) is 23.4. The second kappa shape index (κ2) is 5.17. The van der Waals surface area contributed by atoms with Crippen LogP contribution in [-0.4, -0.2) is 24.6 Å². The molecule has 19 heavy (non-hydrogen) atoms. The van der Waals surface area contributed by atoms with Crippen molar-refractivity contribution in [2.45, 2.75) is 19.8 Å². The maximum absolute atomic E-state index is 4.66. The number of benzene rings is 1. The average Bonchev–Trinajstić information content (AvgIpc) is 2.46. The number of anilines is 1. The predicted molar refractivity (Wildman–Crippen MR) is 80.4 cm³/mol. The summed E-state index contributed by atoms with van der Waals surface area (Å²) in [6, 6.07) is 12.4. The van der Waals surface area contributed by atoms with Crippen LogP contribution in [0.3, 0.4) is 0 Å². The number of fused-ring (bicyclic) bond motifs is 1. The Bertz CT molecular complexity index is 559. The molecule has 1 aliphatic heterocycles. The molecule has 100 valence electrons. The van der Waals surface area contributed by atoms with E-state index in [9.17, 15) is 0 Å². The number of nitrogens with one attached hydrogen (secondary N) is 2. The van der Waals surface area contributed by atoms with E-state index in [4.69, 9.17) is 0 Å². The SMILES string of the molecule is CC1(CNc2ccc3ccccc3n2)CCCNC1. The smallest absolute Gasteiger partial charge is 0.126 e. The molecule has 1 aliphatic rings. The number of hydrogen-bond donors (Lipinski definition) is 2. The van der Waals surface area contributed by atoms with Gasteiger partial charge in [0.15, 0.2) is 0 Å². The lowest BCUT2D eigenvalue weighted by Crippen LogP contribution is -2.42. The molecule has 0 bridgehead atoms. The molecular weight excluding hydrogens is 234 g/mol. The van der Waals surface area contributed by atoms with Crippen LogP contribution < -0.4 is 10.6 Å². The first kappa shape index (κ1) is 12.4. The predicted octanol–water partition coefficient (Wildman–Crippen LogP) is 3.04. The molecule has 1 saturated heterocycles. The van der Waals surface area contributed by atoms with Gasteiger partial charge in [0.2, 0.25) is 0 Å². The highest BCUT2D eigenvalue weighted by Gasteiger charge is 2.26. The van der Waals surface area contributed by atoms with E-state index in [1.165, 1.54) is 18.2 Å². The monoisotopic (exact) mass is 255 g/mol. The highest BCUT2D eigenvalue weighted by atomic mass is 15.0. The van der Waals surface area contributed by atoms with Crippen LogP contribution in [-0.2, 0) is 0 Å². The molecule has 2 N–H and O–H groups in total. The highest BCUT2D eigenvalue weighted by molar-refractivity contribution is 5.80. The van der Waals surface area contributed by atoms with E-state index in [-0.39, 0.29) is 0 Å². The zero-order chi connectivity index (χ0) is 13.1. The molecule has 0 spiro atoms. The quantitative estimate of drug-likeness (QED) is 0.885. The Morgan fingerprint density at radius 2 is 2.16 bits per heavy atom. The fourth-order valence-electron chi connectivity index (χ4n) is 2.74. The number of aromatic nitrogens is 1. The third kappa shape index (κ3) is 2.87. The van der Waals surface area contributed by atoms with Gasteiger partial charge in [-0.15, -0.1) is 0 Å². The Hall–Kier alpha value is -1.61. The Labute approximate surface area is 114 Å². The minimum atomic E-state index is 0.339. The minimum absolute atomic E-state index is 0.339. The Balaban J connectivity index is 1.71. The fraction of sp³-hybridized carbons (Fsp3) is 0.438. The second-order valence-corrected chi connectivity index (χ2v) is 5.83. The van der Waals surface area contributed by atoms with Crippen molar-refractivity contribution in [1.82, 2.24) is 10.3 Å². The number of rotatable bonds is 3. The summed E-state index contributed by atoms with van der Waals surface area (Å²) in [6.45, 7) is 5.57. The average molecular weight is 255 g/mol. The van der Waals surface area contributed by atoms with Gasteiger partial charge in [0.25, 0.3) is 0 Å². The van der Waals surface area contributed by atoms with E-state index < -0.39 is 0 Å². The van der Waals surface area contributed by atoms with E-state index in [0.717, 1.165) is 31.0 Å². The lowest BCUT2D eigenvalue weighted by Gasteiger charge is -2.34. The number of para-hydroxylation sites is 1. The van der Waals surface area contributed by atoms with Gasteiger partial charge in [-0.3, -0.25) is 0 Å². The second-order valence-electron chi connectivity index (χ2n) is 5.83. The number of pyridine rings is 1. The van der Waals surface area contributed by atoms with Gasteiger partial charge in [-0.05, 0) is 43.0 Å². The number of piperidine rings is 1. The topological polar surface area (TPSA) is 37.0 Å². The lowest BCUT2D eigenvalue weighted by molar-refractivity contribution is 0.253. The number of hydrogen-bond acceptors (Lipinski definition) is 3. The van der Waals surface area contributed by atoms with Gasteiger partial charge in [0.05, 0.1) is 5.52 Å². The van der Waals surface area contributed by atoms with E-state index in [1.54, 1.807) is 0 Å². The summed E-state index contributed by atoms with van der Waals surface area (Å²) in [5, 5.41) is 8.17. The maximum Gasteiger partial charge on any atom is 0.126 e. The van der Waals surface area contributed by atoms with Gasteiger partial charge in [-0.2, -0.15) is 0 Å². The van der Waals surface area contributed by atoms with Crippen molar-refractivity contribution in [2.24, 2.45) is 5.41 Å². The van der Waals surface area contributed by atoms with E-state index in [1.807, 2.05) is 12.1 Å². The largest absolute Gasteiger partial charge is 0.369 e. The maximum atomic E-state index is 4.66. The van der Waals surface area contributed by atoms with Gasteiger partial charge >= 0.3 is 0 Å². The lowest BCUT2D eigenvalue weighted by atomic mass is 9.83. The van der Waals surface area contributed by atoms with Gasteiger partial charge in [0.1, 0.15) is 5.82 Å². The molecule has 0 aliphatic carbocycles. The van der Waals surface area contributed by atoms with Crippen LogP contribution in [0.15, 0.2) is 36.4 Å². The van der Waals surface area contributed by atoms with Crippen LogP contribution in [0.4, 0.5) is 5.82 Å². The molecule has 0 radical (unpaired) electrons. The van der Waals surface area contributed by atoms with Gasteiger partial charge in [-0.1, -0.05) is 25.1 Å². The van der Waals surface area contributed by atoms with Crippen molar-refractivity contribution >= 4 is 16.7 Å². The third-order valence-electron chi connectivity index (χ3n) is 3.98. The summed E-state index contributed by atoms with van der Waals surface area (Å²) in [4.78, 5) is 4.66. The molecule has 0 saturated carbocycles. The Morgan fingerprint density at radius 1 is 1.26 bits per heavy atom. The molecule has 0 amide bonds. The first-order valence-electron chi connectivity index (χ1n) is 7.06. The summed E-state index contributed by atoms with van der Waals surface area (Å²) in [5.41, 5.74) is 1.39. The van der Waals surface area contributed by atoms with Crippen LogP contribution in [0.1, 0.15) is 19.8 Å². The van der Waals surface area contributed by atoms with Gasteiger partial charge in [0, 0.05) is 18.5 Å². The number of nitrogens with zero attached hydrogens (tertiary/aromatic N) is 1. The molecule has 2 aromatic rings. The van der Waals surface area contributed by atoms with Gasteiger partial charge in [-0.25, -0.2) is 4.98 Å². The summed E-state index contributed by atoms with van der Waals surface area (Å²) in [7, 11) is 0. The summed E-state index contributed by atoms with van der Waals surface area (Å²) in [6.07, 6.45) is 2.55. The first-order valence-corrected chi connectivity index (χ1v) is 7.06. The van der Waals surface area contributed by atoms with Crippen molar-refractivity contribution in [3.05, 3.63) is 36.4 Å². The zero-order valence-corrected chi connectivity index (χ0v) is 11.4. The fourth-order valence-corrected chi connectivity index (χ4v) is 2.74. The first-order chi connectivity index (χ1) is 9.25. The van der Waals surface area contributed by atoms with E-state index in [2.05, 4.69) is 46.8 Å². The molecule has 1 fully saturated rings. The molecule has 1 aromatic carbocycles. The van der Waals surface area contributed by atoms with Crippen molar-refractivity contribution in [2.75, 3.05) is 25.0 Å². The highest BCUT2D eigenvalue weighted by Crippen LogP contribution is 2.25. The molecule has 3 nitrogen and oxygen atoms in total. The molecule has 1 aromatic heterocycles. The van der Waals surface area contributed by atoms with Crippen LogP contribution in [0.2, 0.25) is 0 Å². The summed E-state index contributed by atoms with van der Waals surface area (Å²) < 4.78 is 0. The standard InChI is InChI=1S/C16H21N3/c1-16(9-4-10-17-11-16)12-18-15-8-7-13-5-2-3-6-14(13)19-15/h2-3,5-8,17H,4,9-12H2,1H3,(H,18,19). The van der Waals surface area contributed by atoms with Crippen molar-refractivity contribution in [3.8, 4) is 0 Å². The Kier molecular flexibility index (Phi) is 3.38. The molecule has 1 unspecified atom stereocenters. The van der Waals surface area contributed by atoms with E-state index >= 15 is 0 Å². The summed E-state index contributed by atoms with van der Waals surface area (Å²) in [5.74, 6) is 0.977. The molecular formula is C16H21N3. The van der Waals surface area contributed by atoms with Crippen LogP contribution in [0, 0.1) is 5.41 Å². The molecule has 2 heterocycles. The van der Waals surface area contributed by atoms with E-state index in [0.29, 0.717) is 5.41 Å². The van der Waals surface area contributed by atoms with Crippen LogP contribution >= 0.6 is 0 Å². The summed E-state index contributed by atoms with van der Waals surface area (Å²) >= 11 is 0. The van der Waals surface area contributed by atoms with Crippen molar-refractivity contribution in [1.29, 1.82) is 0 Å².